The SMILES string of the molecule is C=C/C(=C\CCCCC)S(=O)(=O)c1ccccc1. The number of hydrogen-bond acceptors (Lipinski definition) is 2. The predicted octanol–water partition coefficient (Wildman–Crippen LogP) is 4.11. The summed E-state index contributed by atoms with van der Waals surface area (Å²) in [7, 11) is -3.40. The molecule has 98 valence electrons. The van der Waals surface area contributed by atoms with Gasteiger partial charge in [-0.15, -0.1) is 0 Å². The molecule has 0 aliphatic rings. The van der Waals surface area contributed by atoms with E-state index in [1.807, 2.05) is 0 Å². The van der Waals surface area contributed by atoms with Gasteiger partial charge in [0.05, 0.1) is 9.80 Å². The van der Waals surface area contributed by atoms with Crippen LogP contribution in [0.3, 0.4) is 0 Å². The zero-order chi connectivity index (χ0) is 13.4. The second-order valence-electron chi connectivity index (χ2n) is 4.12. The first-order valence-corrected chi connectivity index (χ1v) is 7.74. The van der Waals surface area contributed by atoms with Gasteiger partial charge >= 0.3 is 0 Å². The molecule has 0 aromatic heterocycles. The summed E-state index contributed by atoms with van der Waals surface area (Å²) in [5.74, 6) is 0. The lowest BCUT2D eigenvalue weighted by molar-refractivity contribution is 0.602. The lowest BCUT2D eigenvalue weighted by Gasteiger charge is -2.05. The summed E-state index contributed by atoms with van der Waals surface area (Å²) in [6.07, 6.45) is 7.23. The molecule has 1 aromatic rings. The minimum Gasteiger partial charge on any atom is -0.219 e. The van der Waals surface area contributed by atoms with Crippen LogP contribution in [0.15, 0.2) is 58.9 Å². The van der Waals surface area contributed by atoms with Gasteiger partial charge in [0.2, 0.25) is 9.84 Å². The van der Waals surface area contributed by atoms with Gasteiger partial charge in [0.15, 0.2) is 0 Å². The molecule has 0 fully saturated rings. The van der Waals surface area contributed by atoms with Gasteiger partial charge in [-0.05, 0) is 25.0 Å². The number of allylic oxidation sites excluding steroid dienone is 2. The molecule has 0 unspecified atom stereocenters. The quantitative estimate of drug-likeness (QED) is 0.548. The molecule has 3 heteroatoms. The van der Waals surface area contributed by atoms with Crippen molar-refractivity contribution in [3.05, 3.63) is 54.0 Å². The van der Waals surface area contributed by atoms with Crippen LogP contribution in [-0.4, -0.2) is 8.42 Å². The van der Waals surface area contributed by atoms with Gasteiger partial charge in [-0.1, -0.05) is 56.7 Å². The third-order valence-corrected chi connectivity index (χ3v) is 4.56. The summed E-state index contributed by atoms with van der Waals surface area (Å²) in [5.41, 5.74) is 0. The molecule has 0 N–H and O–H groups in total. The molecule has 0 aliphatic carbocycles. The molecule has 2 nitrogen and oxygen atoms in total. The van der Waals surface area contributed by atoms with Crippen LogP contribution in [0.25, 0.3) is 0 Å². The Hall–Kier alpha value is -1.35. The van der Waals surface area contributed by atoms with Gasteiger partial charge in [0.25, 0.3) is 0 Å². The maximum Gasteiger partial charge on any atom is 0.206 e. The van der Waals surface area contributed by atoms with Crippen molar-refractivity contribution < 1.29 is 8.42 Å². The Morgan fingerprint density at radius 2 is 1.89 bits per heavy atom. The Morgan fingerprint density at radius 3 is 2.44 bits per heavy atom. The number of benzene rings is 1. The van der Waals surface area contributed by atoms with Crippen molar-refractivity contribution in [1.82, 2.24) is 0 Å². The maximum atomic E-state index is 12.3. The predicted molar refractivity (Wildman–Crippen MR) is 76.0 cm³/mol. The third kappa shape index (κ3) is 3.84. The van der Waals surface area contributed by atoms with E-state index >= 15 is 0 Å². The van der Waals surface area contributed by atoms with Crippen LogP contribution in [0.4, 0.5) is 0 Å². The minimum atomic E-state index is -3.40. The van der Waals surface area contributed by atoms with E-state index in [9.17, 15) is 8.42 Å². The van der Waals surface area contributed by atoms with Crippen molar-refractivity contribution >= 4 is 9.84 Å². The van der Waals surface area contributed by atoms with Crippen molar-refractivity contribution in [2.45, 2.75) is 37.5 Å². The molecule has 0 atom stereocenters. The summed E-state index contributed by atoms with van der Waals surface area (Å²) in [5, 5.41) is 0. The summed E-state index contributed by atoms with van der Waals surface area (Å²) < 4.78 is 24.6. The van der Waals surface area contributed by atoms with E-state index < -0.39 is 9.84 Å². The van der Waals surface area contributed by atoms with Crippen LogP contribution < -0.4 is 0 Å². The number of unbranched alkanes of at least 4 members (excludes halogenated alkanes) is 3. The van der Waals surface area contributed by atoms with Crippen LogP contribution in [0.5, 0.6) is 0 Å². The molecule has 0 amide bonds. The Kier molecular flexibility index (Phi) is 5.86. The summed E-state index contributed by atoms with van der Waals surface area (Å²) in [6, 6.07) is 8.48. The molecule has 1 aromatic carbocycles. The summed E-state index contributed by atoms with van der Waals surface area (Å²) in [6.45, 7) is 5.73. The Balaban J connectivity index is 2.91. The first-order valence-electron chi connectivity index (χ1n) is 6.25. The van der Waals surface area contributed by atoms with Crippen molar-refractivity contribution in [3.63, 3.8) is 0 Å². The standard InChI is InChI=1S/C15H20O2S/c1-3-5-6-8-11-14(4-2)18(16,17)15-12-9-7-10-13-15/h4,7,9-13H,2-3,5-6,8H2,1H3/b14-11+. The van der Waals surface area contributed by atoms with Gasteiger partial charge in [0, 0.05) is 0 Å². The molecule has 0 saturated heterocycles. The average molecular weight is 264 g/mol. The highest BCUT2D eigenvalue weighted by Crippen LogP contribution is 2.20. The second kappa shape index (κ2) is 7.17. The highest BCUT2D eigenvalue weighted by Gasteiger charge is 2.17. The van der Waals surface area contributed by atoms with Crippen molar-refractivity contribution in [1.29, 1.82) is 0 Å². The zero-order valence-corrected chi connectivity index (χ0v) is 11.6. The van der Waals surface area contributed by atoms with Crippen molar-refractivity contribution in [2.24, 2.45) is 0 Å². The zero-order valence-electron chi connectivity index (χ0n) is 10.8. The second-order valence-corrected chi connectivity index (χ2v) is 6.07. The fraction of sp³-hybridized carbons (Fsp3) is 0.333. The van der Waals surface area contributed by atoms with Gasteiger partial charge < -0.3 is 0 Å². The number of sulfone groups is 1. The fourth-order valence-electron chi connectivity index (χ4n) is 1.68. The lowest BCUT2D eigenvalue weighted by atomic mass is 10.2. The molecule has 0 heterocycles. The van der Waals surface area contributed by atoms with E-state index in [1.54, 1.807) is 36.4 Å². The third-order valence-electron chi connectivity index (χ3n) is 2.72. The van der Waals surface area contributed by atoms with E-state index in [-0.39, 0.29) is 0 Å². The fourth-order valence-corrected chi connectivity index (χ4v) is 3.02. The average Bonchev–Trinajstić information content (AvgIpc) is 2.39. The van der Waals surface area contributed by atoms with E-state index in [1.165, 1.54) is 6.08 Å². The molecule has 0 aliphatic heterocycles. The highest BCUT2D eigenvalue weighted by atomic mass is 32.2. The van der Waals surface area contributed by atoms with Gasteiger partial charge in [0.1, 0.15) is 0 Å². The normalized spacial score (nSPS) is 12.4. The van der Waals surface area contributed by atoms with Crippen molar-refractivity contribution in [2.75, 3.05) is 0 Å². The Bertz CT molecular complexity index is 499. The van der Waals surface area contributed by atoms with Crippen molar-refractivity contribution in [3.8, 4) is 0 Å². The lowest BCUT2D eigenvalue weighted by Crippen LogP contribution is -2.02. The molecule has 1 rings (SSSR count). The van der Waals surface area contributed by atoms with E-state index in [4.69, 9.17) is 0 Å². The Labute approximate surface area is 110 Å². The molecule has 18 heavy (non-hydrogen) atoms. The monoisotopic (exact) mass is 264 g/mol. The number of rotatable bonds is 7. The van der Waals surface area contributed by atoms with E-state index in [0.29, 0.717) is 9.80 Å². The first kappa shape index (κ1) is 14.7. The largest absolute Gasteiger partial charge is 0.219 e. The molecule has 0 spiro atoms. The summed E-state index contributed by atoms with van der Waals surface area (Å²) in [4.78, 5) is 0.636. The molecular formula is C15H20O2S. The Morgan fingerprint density at radius 1 is 1.22 bits per heavy atom. The smallest absolute Gasteiger partial charge is 0.206 e. The van der Waals surface area contributed by atoms with Gasteiger partial charge in [-0.2, -0.15) is 0 Å². The van der Waals surface area contributed by atoms with Crippen LogP contribution in [0.1, 0.15) is 32.6 Å². The minimum absolute atomic E-state index is 0.310. The van der Waals surface area contributed by atoms with Crippen LogP contribution >= 0.6 is 0 Å². The maximum absolute atomic E-state index is 12.3. The molecular weight excluding hydrogens is 244 g/mol. The van der Waals surface area contributed by atoms with Crippen LogP contribution in [0.2, 0.25) is 0 Å². The van der Waals surface area contributed by atoms with E-state index in [0.717, 1.165) is 25.7 Å². The molecule has 0 bridgehead atoms. The van der Waals surface area contributed by atoms with Crippen LogP contribution in [-0.2, 0) is 9.84 Å². The van der Waals surface area contributed by atoms with E-state index in [2.05, 4.69) is 13.5 Å². The first-order chi connectivity index (χ1) is 8.62. The van der Waals surface area contributed by atoms with Crippen LogP contribution in [0, 0.1) is 0 Å². The summed E-state index contributed by atoms with van der Waals surface area (Å²) >= 11 is 0. The molecule has 0 radical (unpaired) electrons. The molecule has 0 saturated carbocycles. The van der Waals surface area contributed by atoms with Gasteiger partial charge in [-0.25, -0.2) is 8.42 Å². The highest BCUT2D eigenvalue weighted by molar-refractivity contribution is 7.95. The topological polar surface area (TPSA) is 34.1 Å². The van der Waals surface area contributed by atoms with Gasteiger partial charge in [-0.3, -0.25) is 0 Å². The number of hydrogen-bond donors (Lipinski definition) is 0.